The molecule has 8 heteroatoms. The summed E-state index contributed by atoms with van der Waals surface area (Å²) in [7, 11) is 3.29. The molecule has 2 heterocycles. The number of ether oxygens (including phenoxy) is 2. The van der Waals surface area contributed by atoms with Crippen LogP contribution in [-0.4, -0.2) is 53.9 Å². The van der Waals surface area contributed by atoms with Crippen molar-refractivity contribution in [2.75, 3.05) is 27.4 Å². The molecule has 31 heavy (non-hydrogen) atoms. The van der Waals surface area contributed by atoms with E-state index in [1.165, 1.54) is 0 Å². The van der Waals surface area contributed by atoms with Crippen LogP contribution in [0.15, 0.2) is 54.7 Å². The molecular weight excluding hydrogens is 416 g/mol. The van der Waals surface area contributed by atoms with Crippen molar-refractivity contribution in [3.63, 3.8) is 0 Å². The molecule has 0 radical (unpaired) electrons. The Labute approximate surface area is 186 Å². The summed E-state index contributed by atoms with van der Waals surface area (Å²) < 4.78 is 12.5. The van der Waals surface area contributed by atoms with Gasteiger partial charge in [0.2, 0.25) is 0 Å². The summed E-state index contributed by atoms with van der Waals surface area (Å²) in [5.74, 6) is 1.11. The third-order valence-corrected chi connectivity index (χ3v) is 5.60. The van der Waals surface area contributed by atoms with Crippen LogP contribution in [0, 0.1) is 0 Å². The van der Waals surface area contributed by atoms with E-state index in [0.29, 0.717) is 28.9 Å². The van der Waals surface area contributed by atoms with Gasteiger partial charge in [-0.25, -0.2) is 9.99 Å². The molecule has 1 aliphatic rings. The number of hydrogen-bond acceptors (Lipinski definition) is 5. The van der Waals surface area contributed by atoms with Crippen LogP contribution in [-0.2, 0) is 4.74 Å². The molecule has 1 saturated heterocycles. The average Bonchev–Trinajstić information content (AvgIpc) is 3.42. The zero-order valence-electron chi connectivity index (χ0n) is 17.5. The van der Waals surface area contributed by atoms with E-state index in [1.54, 1.807) is 20.4 Å². The molecule has 0 aliphatic carbocycles. The van der Waals surface area contributed by atoms with E-state index in [1.807, 2.05) is 58.1 Å². The number of carbonyl (C=O) groups excluding carboxylic acids is 1. The average molecular weight is 441 g/mol. The number of hydrazine groups is 1. The minimum atomic E-state index is -0.250. The first-order chi connectivity index (χ1) is 15.1. The second-order valence-corrected chi connectivity index (χ2v) is 7.85. The zero-order valence-corrected chi connectivity index (χ0v) is 18.3. The molecule has 1 aromatic heterocycles. The summed E-state index contributed by atoms with van der Waals surface area (Å²) in [5, 5.41) is 2.58. The summed E-state index contributed by atoms with van der Waals surface area (Å²) >= 11 is 6.06. The fourth-order valence-electron chi connectivity index (χ4n) is 3.79. The van der Waals surface area contributed by atoms with E-state index in [2.05, 4.69) is 10.4 Å². The van der Waals surface area contributed by atoms with E-state index in [4.69, 9.17) is 21.1 Å². The molecule has 1 aliphatic heterocycles. The van der Waals surface area contributed by atoms with Gasteiger partial charge >= 0.3 is 0 Å². The largest absolute Gasteiger partial charge is 0.497 e. The number of nitrogens with zero attached hydrogens (tertiary/aromatic N) is 3. The highest BCUT2D eigenvalue weighted by Crippen LogP contribution is 2.27. The van der Waals surface area contributed by atoms with Gasteiger partial charge in [-0.3, -0.25) is 14.8 Å². The molecule has 1 fully saturated rings. The Kier molecular flexibility index (Phi) is 6.56. The van der Waals surface area contributed by atoms with Crippen molar-refractivity contribution >= 4 is 17.5 Å². The molecule has 4 rings (SSSR count). The third-order valence-electron chi connectivity index (χ3n) is 5.35. The lowest BCUT2D eigenvalue weighted by Gasteiger charge is -2.23. The van der Waals surface area contributed by atoms with E-state index in [-0.39, 0.29) is 11.9 Å². The van der Waals surface area contributed by atoms with Gasteiger partial charge in [-0.05, 0) is 49.2 Å². The quantitative estimate of drug-likeness (QED) is 0.602. The minimum Gasteiger partial charge on any atom is -0.497 e. The molecule has 0 spiro atoms. The van der Waals surface area contributed by atoms with Crippen LogP contribution in [0.25, 0.3) is 17.1 Å². The summed E-state index contributed by atoms with van der Waals surface area (Å²) in [6.07, 6.45) is 3.75. The van der Waals surface area contributed by atoms with Crippen LogP contribution >= 0.6 is 11.6 Å². The smallest absolute Gasteiger partial charge is 0.285 e. The van der Waals surface area contributed by atoms with Crippen molar-refractivity contribution in [1.82, 2.24) is 20.0 Å². The number of halogens is 1. The predicted molar refractivity (Wildman–Crippen MR) is 120 cm³/mol. The van der Waals surface area contributed by atoms with E-state index in [0.717, 1.165) is 30.6 Å². The van der Waals surface area contributed by atoms with E-state index in [9.17, 15) is 4.79 Å². The van der Waals surface area contributed by atoms with Gasteiger partial charge in [0.25, 0.3) is 5.91 Å². The standard InChI is InChI=1S/C23H25ClN4O3/c1-30-15-19-6-4-12-28(19)26-23(29)21-14-27(18-10-8-17(24)9-11-18)22(25-21)16-5-3-7-20(13-16)31-2/h3,5,7-11,13-14,19H,4,6,12,15H2,1-2H3,(H,26,29)/t19-/m0/s1. The van der Waals surface area contributed by atoms with Crippen LogP contribution in [0.5, 0.6) is 5.75 Å². The molecule has 7 nitrogen and oxygen atoms in total. The van der Waals surface area contributed by atoms with Gasteiger partial charge in [0.15, 0.2) is 0 Å². The molecular formula is C23H25ClN4O3. The Morgan fingerprint density at radius 2 is 2.03 bits per heavy atom. The number of carbonyl (C=O) groups is 1. The Hall–Kier alpha value is -2.87. The predicted octanol–water partition coefficient (Wildman–Crippen LogP) is 3.96. The number of imidazole rings is 1. The Morgan fingerprint density at radius 3 is 2.77 bits per heavy atom. The summed E-state index contributed by atoms with van der Waals surface area (Å²) in [6.45, 7) is 1.37. The number of aromatic nitrogens is 2. The van der Waals surface area contributed by atoms with Crippen LogP contribution < -0.4 is 10.2 Å². The monoisotopic (exact) mass is 440 g/mol. The van der Waals surface area contributed by atoms with Crippen LogP contribution in [0.3, 0.4) is 0 Å². The van der Waals surface area contributed by atoms with Crippen LogP contribution in [0.4, 0.5) is 0 Å². The van der Waals surface area contributed by atoms with Gasteiger partial charge in [0.1, 0.15) is 17.3 Å². The maximum atomic E-state index is 13.0. The number of rotatable bonds is 7. The van der Waals surface area contributed by atoms with Crippen LogP contribution in [0.2, 0.25) is 5.02 Å². The molecule has 1 atom stereocenters. The summed E-state index contributed by atoms with van der Waals surface area (Å²) in [6, 6.07) is 15.2. The van der Waals surface area contributed by atoms with Gasteiger partial charge in [-0.1, -0.05) is 23.7 Å². The normalized spacial score (nSPS) is 16.4. The minimum absolute atomic E-state index is 0.171. The van der Waals surface area contributed by atoms with Crippen molar-refractivity contribution in [1.29, 1.82) is 0 Å². The van der Waals surface area contributed by atoms with Gasteiger partial charge in [-0.15, -0.1) is 0 Å². The Bertz CT molecular complexity index is 1050. The van der Waals surface area contributed by atoms with Crippen molar-refractivity contribution in [3.05, 3.63) is 65.4 Å². The molecule has 0 bridgehead atoms. The first-order valence-electron chi connectivity index (χ1n) is 10.2. The molecule has 3 aromatic rings. The Morgan fingerprint density at radius 1 is 1.23 bits per heavy atom. The lowest BCUT2D eigenvalue weighted by Crippen LogP contribution is -2.46. The number of benzene rings is 2. The van der Waals surface area contributed by atoms with E-state index >= 15 is 0 Å². The maximum Gasteiger partial charge on any atom is 0.285 e. The number of hydrogen-bond donors (Lipinski definition) is 1. The van der Waals surface area contributed by atoms with Crippen molar-refractivity contribution < 1.29 is 14.3 Å². The molecule has 0 saturated carbocycles. The van der Waals surface area contributed by atoms with Crippen molar-refractivity contribution in [3.8, 4) is 22.8 Å². The highest BCUT2D eigenvalue weighted by molar-refractivity contribution is 6.30. The van der Waals surface area contributed by atoms with Crippen molar-refractivity contribution in [2.24, 2.45) is 0 Å². The van der Waals surface area contributed by atoms with Crippen LogP contribution in [0.1, 0.15) is 23.3 Å². The maximum absolute atomic E-state index is 13.0. The Balaban J connectivity index is 1.69. The number of nitrogens with one attached hydrogen (secondary N) is 1. The highest BCUT2D eigenvalue weighted by Gasteiger charge is 2.27. The molecule has 0 unspecified atom stereocenters. The van der Waals surface area contributed by atoms with Gasteiger partial charge in [0.05, 0.1) is 19.8 Å². The SMILES string of the molecule is COC[C@@H]1CCCN1NC(=O)c1cn(-c2ccc(Cl)cc2)c(-c2cccc(OC)c2)n1. The second-order valence-electron chi connectivity index (χ2n) is 7.41. The number of amides is 1. The van der Waals surface area contributed by atoms with Gasteiger partial charge in [0, 0.05) is 36.1 Å². The lowest BCUT2D eigenvalue weighted by molar-refractivity contribution is 0.0607. The zero-order chi connectivity index (χ0) is 21.8. The highest BCUT2D eigenvalue weighted by atomic mass is 35.5. The molecule has 1 amide bonds. The summed E-state index contributed by atoms with van der Waals surface area (Å²) in [5.41, 5.74) is 5.02. The van der Waals surface area contributed by atoms with Gasteiger partial charge in [-0.2, -0.15) is 0 Å². The van der Waals surface area contributed by atoms with Crippen molar-refractivity contribution in [2.45, 2.75) is 18.9 Å². The first-order valence-corrected chi connectivity index (χ1v) is 10.5. The molecule has 162 valence electrons. The topological polar surface area (TPSA) is 68.6 Å². The molecule has 2 aromatic carbocycles. The fourth-order valence-corrected chi connectivity index (χ4v) is 3.92. The fraction of sp³-hybridized carbons (Fsp3) is 0.304. The first kappa shape index (κ1) is 21.4. The van der Waals surface area contributed by atoms with E-state index < -0.39 is 0 Å². The third kappa shape index (κ3) is 4.74. The van der Waals surface area contributed by atoms with Gasteiger partial charge < -0.3 is 9.47 Å². The summed E-state index contributed by atoms with van der Waals surface area (Å²) in [4.78, 5) is 17.7. The number of methoxy groups -OCH3 is 2. The molecule has 1 N–H and O–H groups in total. The second kappa shape index (κ2) is 9.51. The lowest BCUT2D eigenvalue weighted by atomic mass is 10.2.